The van der Waals surface area contributed by atoms with Gasteiger partial charge in [0.1, 0.15) is 23.4 Å². The number of hydrogen-bond donors (Lipinski definition) is 2. The first-order valence-corrected chi connectivity index (χ1v) is 10.5. The van der Waals surface area contributed by atoms with Gasteiger partial charge in [-0.3, -0.25) is 0 Å². The molecule has 3 rings (SSSR count). The number of rotatable bonds is 7. The molecule has 0 aliphatic heterocycles. The van der Waals surface area contributed by atoms with Crippen LogP contribution in [0.4, 0.5) is 0 Å². The molecule has 2 N–H and O–H groups in total. The van der Waals surface area contributed by atoms with E-state index in [1.807, 2.05) is 30.7 Å². The van der Waals surface area contributed by atoms with Gasteiger partial charge in [-0.1, -0.05) is 13.8 Å². The Hall–Kier alpha value is -1.94. The third-order valence-electron chi connectivity index (χ3n) is 3.91. The summed E-state index contributed by atoms with van der Waals surface area (Å²) in [7, 11) is -2.06. The summed E-state index contributed by atoms with van der Waals surface area (Å²) in [5.41, 5.74) is 0.920. The quantitative estimate of drug-likeness (QED) is 0.641. The van der Waals surface area contributed by atoms with Gasteiger partial charge in [0.2, 0.25) is 0 Å². The Morgan fingerprint density at radius 1 is 1.35 bits per heavy atom. The molecule has 3 heterocycles. The zero-order chi connectivity index (χ0) is 18.9. The minimum atomic E-state index is -3.82. The SMILES string of the molecule is CC(C)c1nc(S(=O)(=O)NC[C@H](O)c2ccc(-c3ccsc3)o2)cn1C. The molecule has 0 saturated heterocycles. The van der Waals surface area contributed by atoms with Crippen molar-refractivity contribution in [1.82, 2.24) is 14.3 Å². The van der Waals surface area contributed by atoms with E-state index in [0.29, 0.717) is 17.3 Å². The van der Waals surface area contributed by atoms with Gasteiger partial charge in [0, 0.05) is 36.7 Å². The molecule has 0 radical (unpaired) electrons. The second kappa shape index (κ2) is 7.36. The van der Waals surface area contributed by atoms with Gasteiger partial charge in [-0.2, -0.15) is 11.3 Å². The van der Waals surface area contributed by atoms with Crippen LogP contribution in [0.1, 0.15) is 37.5 Å². The Morgan fingerprint density at radius 3 is 2.73 bits per heavy atom. The fourth-order valence-corrected chi connectivity index (χ4v) is 4.25. The molecule has 0 aliphatic rings. The maximum Gasteiger partial charge on any atom is 0.259 e. The van der Waals surface area contributed by atoms with E-state index in [1.54, 1.807) is 35.1 Å². The summed E-state index contributed by atoms with van der Waals surface area (Å²) < 4.78 is 34.5. The van der Waals surface area contributed by atoms with E-state index >= 15 is 0 Å². The third kappa shape index (κ3) is 3.90. The number of aryl methyl sites for hydroxylation is 1. The van der Waals surface area contributed by atoms with Crippen LogP contribution in [0.3, 0.4) is 0 Å². The Labute approximate surface area is 156 Å². The maximum absolute atomic E-state index is 12.4. The molecular formula is C17H21N3O4S2. The molecule has 3 aromatic rings. The Balaban J connectivity index is 1.68. The summed E-state index contributed by atoms with van der Waals surface area (Å²) in [4.78, 5) is 4.18. The van der Waals surface area contributed by atoms with Gasteiger partial charge < -0.3 is 14.1 Å². The average molecular weight is 396 g/mol. The zero-order valence-corrected chi connectivity index (χ0v) is 16.3. The summed E-state index contributed by atoms with van der Waals surface area (Å²) >= 11 is 1.55. The van der Waals surface area contributed by atoms with Crippen LogP contribution in [0.25, 0.3) is 11.3 Å². The molecule has 26 heavy (non-hydrogen) atoms. The molecule has 9 heteroatoms. The van der Waals surface area contributed by atoms with E-state index in [9.17, 15) is 13.5 Å². The Morgan fingerprint density at radius 2 is 2.12 bits per heavy atom. The van der Waals surface area contributed by atoms with Gasteiger partial charge in [-0.15, -0.1) is 0 Å². The lowest BCUT2D eigenvalue weighted by Gasteiger charge is -2.09. The predicted octanol–water partition coefficient (Wildman–Crippen LogP) is 2.88. The molecule has 0 aliphatic carbocycles. The lowest BCUT2D eigenvalue weighted by atomic mass is 10.2. The molecule has 0 aromatic carbocycles. The smallest absolute Gasteiger partial charge is 0.259 e. The maximum atomic E-state index is 12.4. The van der Waals surface area contributed by atoms with Crippen molar-refractivity contribution in [2.45, 2.75) is 30.9 Å². The number of aliphatic hydroxyl groups is 1. The fourth-order valence-electron chi connectivity index (χ4n) is 2.57. The molecule has 0 unspecified atom stereocenters. The van der Waals surface area contributed by atoms with Crippen LogP contribution in [0.5, 0.6) is 0 Å². The van der Waals surface area contributed by atoms with Crippen molar-refractivity contribution in [2.75, 3.05) is 6.54 Å². The van der Waals surface area contributed by atoms with Crippen molar-refractivity contribution in [2.24, 2.45) is 7.05 Å². The highest BCUT2D eigenvalue weighted by molar-refractivity contribution is 7.89. The fraction of sp³-hybridized carbons (Fsp3) is 0.353. The van der Waals surface area contributed by atoms with Crippen LogP contribution < -0.4 is 4.72 Å². The molecular weight excluding hydrogens is 374 g/mol. The molecule has 0 fully saturated rings. The zero-order valence-electron chi connectivity index (χ0n) is 14.7. The summed E-state index contributed by atoms with van der Waals surface area (Å²) in [5.74, 6) is 1.72. The number of nitrogens with zero attached hydrogens (tertiary/aromatic N) is 2. The van der Waals surface area contributed by atoms with E-state index < -0.39 is 16.1 Å². The number of aromatic nitrogens is 2. The Kier molecular flexibility index (Phi) is 5.33. The van der Waals surface area contributed by atoms with Crippen LogP contribution >= 0.6 is 11.3 Å². The van der Waals surface area contributed by atoms with Gasteiger partial charge in [-0.25, -0.2) is 18.1 Å². The van der Waals surface area contributed by atoms with Crippen LogP contribution in [0, 0.1) is 0 Å². The summed E-state index contributed by atoms with van der Waals surface area (Å²) in [6, 6.07) is 5.31. The summed E-state index contributed by atoms with van der Waals surface area (Å²) in [6.45, 7) is 3.68. The molecule has 0 saturated carbocycles. The topological polar surface area (TPSA) is 97.4 Å². The minimum Gasteiger partial charge on any atom is -0.458 e. The lowest BCUT2D eigenvalue weighted by Crippen LogP contribution is -2.28. The second-order valence-corrected chi connectivity index (χ2v) is 8.78. The first-order chi connectivity index (χ1) is 12.3. The molecule has 0 amide bonds. The highest BCUT2D eigenvalue weighted by Crippen LogP contribution is 2.27. The molecule has 1 atom stereocenters. The van der Waals surface area contributed by atoms with Gasteiger partial charge in [-0.05, 0) is 23.6 Å². The monoisotopic (exact) mass is 395 g/mol. The lowest BCUT2D eigenvalue weighted by molar-refractivity contribution is 0.155. The highest BCUT2D eigenvalue weighted by atomic mass is 32.2. The standard InChI is InChI=1S/C17H21N3O4S2/c1-11(2)17-19-16(9-20(17)3)26(22,23)18-8-13(21)15-5-4-14(24-15)12-6-7-25-10-12/h4-7,9-11,13,18,21H,8H2,1-3H3/t13-/m0/s1. The minimum absolute atomic E-state index is 0.0608. The number of aliphatic hydroxyl groups excluding tert-OH is 1. The van der Waals surface area contributed by atoms with Crippen molar-refractivity contribution in [1.29, 1.82) is 0 Å². The largest absolute Gasteiger partial charge is 0.458 e. The number of hydrogen-bond acceptors (Lipinski definition) is 6. The number of nitrogens with one attached hydrogen (secondary N) is 1. The van der Waals surface area contributed by atoms with Crippen LogP contribution in [-0.4, -0.2) is 29.6 Å². The van der Waals surface area contributed by atoms with E-state index in [2.05, 4.69) is 9.71 Å². The first kappa shape index (κ1) is 18.8. The number of thiophene rings is 1. The van der Waals surface area contributed by atoms with Crippen molar-refractivity contribution >= 4 is 21.4 Å². The number of sulfonamides is 1. The molecule has 7 nitrogen and oxygen atoms in total. The van der Waals surface area contributed by atoms with Crippen molar-refractivity contribution in [3.8, 4) is 11.3 Å². The van der Waals surface area contributed by atoms with E-state index in [1.165, 1.54) is 6.20 Å². The molecule has 140 valence electrons. The average Bonchev–Trinajstić information content (AvgIpc) is 3.31. The number of imidazole rings is 1. The van der Waals surface area contributed by atoms with Crippen molar-refractivity contribution in [3.05, 3.63) is 46.7 Å². The molecule has 0 spiro atoms. The molecule has 0 bridgehead atoms. The predicted molar refractivity (Wildman–Crippen MR) is 99.5 cm³/mol. The second-order valence-electron chi connectivity index (χ2n) is 6.28. The summed E-state index contributed by atoms with van der Waals surface area (Å²) in [5, 5.41) is 14.1. The Bertz CT molecular complexity index is 972. The highest BCUT2D eigenvalue weighted by Gasteiger charge is 2.23. The van der Waals surface area contributed by atoms with Crippen molar-refractivity contribution in [3.63, 3.8) is 0 Å². The van der Waals surface area contributed by atoms with Crippen LogP contribution in [-0.2, 0) is 17.1 Å². The van der Waals surface area contributed by atoms with Gasteiger partial charge in [0.05, 0.1) is 0 Å². The molecule has 3 aromatic heterocycles. The van der Waals surface area contributed by atoms with Crippen molar-refractivity contribution < 1.29 is 17.9 Å². The number of furan rings is 1. The van der Waals surface area contributed by atoms with E-state index in [0.717, 1.165) is 5.56 Å². The van der Waals surface area contributed by atoms with Gasteiger partial charge in [0.25, 0.3) is 10.0 Å². The first-order valence-electron chi connectivity index (χ1n) is 8.11. The van der Waals surface area contributed by atoms with Crippen LogP contribution in [0.2, 0.25) is 0 Å². The van der Waals surface area contributed by atoms with Crippen LogP contribution in [0.15, 0.2) is 44.6 Å². The van der Waals surface area contributed by atoms with E-state index in [4.69, 9.17) is 4.42 Å². The van der Waals surface area contributed by atoms with E-state index in [-0.39, 0.29) is 17.5 Å². The van der Waals surface area contributed by atoms with Gasteiger partial charge in [0.15, 0.2) is 5.03 Å². The normalized spacial score (nSPS) is 13.4. The third-order valence-corrected chi connectivity index (χ3v) is 5.89. The summed E-state index contributed by atoms with van der Waals surface area (Å²) in [6.07, 6.45) is 0.372. The van der Waals surface area contributed by atoms with Gasteiger partial charge >= 0.3 is 0 Å².